The molecule has 0 aliphatic carbocycles. The molecule has 0 bridgehead atoms. The van der Waals surface area contributed by atoms with Crippen LogP contribution in [0.4, 0.5) is 0 Å². The van der Waals surface area contributed by atoms with Gasteiger partial charge in [-0.1, -0.05) is 12.1 Å². The third-order valence-corrected chi connectivity index (χ3v) is 5.11. The molecule has 25 heavy (non-hydrogen) atoms. The molecule has 0 radical (unpaired) electrons. The maximum atomic E-state index is 12.6. The van der Waals surface area contributed by atoms with Crippen molar-refractivity contribution < 1.29 is 9.53 Å². The highest BCUT2D eigenvalue weighted by Crippen LogP contribution is 2.16. The molecule has 0 spiro atoms. The van der Waals surface area contributed by atoms with Gasteiger partial charge in [-0.25, -0.2) is 0 Å². The number of halogens is 1. The number of carbonyl (C=O) groups is 1. The lowest BCUT2D eigenvalue weighted by molar-refractivity contribution is 0.0628. The van der Waals surface area contributed by atoms with E-state index in [0.29, 0.717) is 6.61 Å². The van der Waals surface area contributed by atoms with Crippen LogP contribution < -0.4 is 4.74 Å². The number of amides is 1. The summed E-state index contributed by atoms with van der Waals surface area (Å²) in [5.74, 6) is 1.05. The predicted molar refractivity (Wildman–Crippen MR) is 108 cm³/mol. The molecule has 0 saturated carbocycles. The van der Waals surface area contributed by atoms with Crippen LogP contribution in [0.3, 0.4) is 0 Å². The van der Waals surface area contributed by atoms with Crippen LogP contribution in [0.25, 0.3) is 0 Å². The quantitative estimate of drug-likeness (QED) is 0.653. The number of hydrogen-bond acceptors (Lipinski definition) is 3. The minimum Gasteiger partial charge on any atom is -0.494 e. The van der Waals surface area contributed by atoms with Gasteiger partial charge in [0.15, 0.2) is 0 Å². The summed E-state index contributed by atoms with van der Waals surface area (Å²) < 4.78 is 6.63. The van der Waals surface area contributed by atoms with Crippen molar-refractivity contribution in [2.24, 2.45) is 0 Å². The fourth-order valence-corrected chi connectivity index (χ4v) is 3.36. The molecule has 1 aliphatic rings. The highest BCUT2D eigenvalue weighted by Gasteiger charge is 2.22. The van der Waals surface area contributed by atoms with Gasteiger partial charge in [-0.2, -0.15) is 0 Å². The van der Waals surface area contributed by atoms with Crippen molar-refractivity contribution >= 4 is 28.5 Å². The van der Waals surface area contributed by atoms with E-state index in [-0.39, 0.29) is 5.91 Å². The van der Waals surface area contributed by atoms with Gasteiger partial charge in [-0.15, -0.1) is 0 Å². The second-order valence-corrected chi connectivity index (χ2v) is 7.40. The van der Waals surface area contributed by atoms with Crippen molar-refractivity contribution in [3.05, 3.63) is 63.2 Å². The normalized spacial score (nSPS) is 15.2. The largest absolute Gasteiger partial charge is 0.494 e. The standard InChI is InChI=1S/C20H23IN2O2/c1-2-25-19-9-3-16(4-10-19)15-22-11-13-23(14-12-22)20(24)17-5-7-18(21)8-6-17/h3-10H,2,11-15H2,1H3. The minimum atomic E-state index is 0.136. The molecule has 4 nitrogen and oxygen atoms in total. The summed E-state index contributed by atoms with van der Waals surface area (Å²) in [4.78, 5) is 16.9. The van der Waals surface area contributed by atoms with Gasteiger partial charge in [-0.3, -0.25) is 9.69 Å². The van der Waals surface area contributed by atoms with E-state index in [1.165, 1.54) is 5.56 Å². The van der Waals surface area contributed by atoms with Crippen LogP contribution in [-0.2, 0) is 6.54 Å². The molecule has 2 aromatic rings. The molecule has 2 aromatic carbocycles. The molecule has 0 N–H and O–H groups in total. The highest BCUT2D eigenvalue weighted by molar-refractivity contribution is 14.1. The van der Waals surface area contributed by atoms with Gasteiger partial charge in [-0.05, 0) is 71.5 Å². The van der Waals surface area contributed by atoms with Gasteiger partial charge in [0.1, 0.15) is 5.75 Å². The van der Waals surface area contributed by atoms with Gasteiger partial charge in [0.25, 0.3) is 5.91 Å². The lowest BCUT2D eigenvalue weighted by atomic mass is 10.1. The van der Waals surface area contributed by atoms with E-state index < -0.39 is 0 Å². The molecule has 1 saturated heterocycles. The van der Waals surface area contributed by atoms with Gasteiger partial charge in [0, 0.05) is 41.9 Å². The molecular weight excluding hydrogens is 427 g/mol. The molecule has 1 amide bonds. The molecule has 3 rings (SSSR count). The SMILES string of the molecule is CCOc1ccc(CN2CCN(C(=O)c3ccc(I)cc3)CC2)cc1. The Morgan fingerprint density at radius 3 is 2.24 bits per heavy atom. The lowest BCUT2D eigenvalue weighted by Gasteiger charge is -2.34. The summed E-state index contributed by atoms with van der Waals surface area (Å²) in [5, 5.41) is 0. The fraction of sp³-hybridized carbons (Fsp3) is 0.350. The maximum absolute atomic E-state index is 12.6. The molecule has 1 fully saturated rings. The summed E-state index contributed by atoms with van der Waals surface area (Å²) in [6, 6.07) is 16.1. The first-order valence-electron chi connectivity index (χ1n) is 8.64. The van der Waals surface area contributed by atoms with Crippen molar-refractivity contribution in [3.8, 4) is 5.75 Å². The van der Waals surface area contributed by atoms with Gasteiger partial charge < -0.3 is 9.64 Å². The van der Waals surface area contributed by atoms with E-state index >= 15 is 0 Å². The van der Waals surface area contributed by atoms with Gasteiger partial charge in [0.2, 0.25) is 0 Å². The van der Waals surface area contributed by atoms with Crippen LogP contribution in [-0.4, -0.2) is 48.5 Å². The topological polar surface area (TPSA) is 32.8 Å². The first-order chi connectivity index (χ1) is 12.2. The molecule has 132 valence electrons. The molecule has 0 atom stereocenters. The summed E-state index contributed by atoms with van der Waals surface area (Å²) in [7, 11) is 0. The van der Waals surface area contributed by atoms with Crippen LogP contribution >= 0.6 is 22.6 Å². The summed E-state index contributed by atoms with van der Waals surface area (Å²) in [5.41, 5.74) is 2.06. The monoisotopic (exact) mass is 450 g/mol. The second-order valence-electron chi connectivity index (χ2n) is 6.15. The Hall–Kier alpha value is -1.60. The Morgan fingerprint density at radius 1 is 1.00 bits per heavy atom. The average molecular weight is 450 g/mol. The van der Waals surface area contributed by atoms with Crippen molar-refractivity contribution in [2.75, 3.05) is 32.8 Å². The molecule has 5 heteroatoms. The number of piperazine rings is 1. The Morgan fingerprint density at radius 2 is 1.64 bits per heavy atom. The zero-order valence-corrected chi connectivity index (χ0v) is 16.6. The third kappa shape index (κ3) is 4.95. The predicted octanol–water partition coefficient (Wildman–Crippen LogP) is 3.65. The van der Waals surface area contributed by atoms with Crippen molar-refractivity contribution in [2.45, 2.75) is 13.5 Å². The van der Waals surface area contributed by atoms with E-state index in [0.717, 1.165) is 47.6 Å². The average Bonchev–Trinajstić information content (AvgIpc) is 2.64. The van der Waals surface area contributed by atoms with Crippen molar-refractivity contribution in [1.29, 1.82) is 0 Å². The fourth-order valence-electron chi connectivity index (χ4n) is 3.00. The van der Waals surface area contributed by atoms with Crippen molar-refractivity contribution in [3.63, 3.8) is 0 Å². The lowest BCUT2D eigenvalue weighted by Crippen LogP contribution is -2.48. The molecule has 1 heterocycles. The summed E-state index contributed by atoms with van der Waals surface area (Å²) in [6.07, 6.45) is 0. The van der Waals surface area contributed by atoms with Crippen LogP contribution in [0.5, 0.6) is 5.75 Å². The van der Waals surface area contributed by atoms with Gasteiger partial charge in [0.05, 0.1) is 6.61 Å². The Labute approximate surface area is 162 Å². The zero-order valence-electron chi connectivity index (χ0n) is 14.5. The number of carbonyl (C=O) groups excluding carboxylic acids is 1. The van der Waals surface area contributed by atoms with E-state index in [2.05, 4.69) is 39.6 Å². The number of ether oxygens (including phenoxy) is 1. The molecule has 0 unspecified atom stereocenters. The van der Waals surface area contributed by atoms with Gasteiger partial charge >= 0.3 is 0 Å². The third-order valence-electron chi connectivity index (χ3n) is 4.39. The first kappa shape index (κ1) is 18.2. The van der Waals surface area contributed by atoms with E-state index in [1.54, 1.807) is 0 Å². The number of hydrogen-bond donors (Lipinski definition) is 0. The summed E-state index contributed by atoms with van der Waals surface area (Å²) in [6.45, 7) is 6.97. The van der Waals surface area contributed by atoms with Crippen LogP contribution in [0.15, 0.2) is 48.5 Å². The Bertz CT molecular complexity index is 693. The Balaban J connectivity index is 1.51. The number of rotatable bonds is 5. The Kier molecular flexibility index (Phi) is 6.31. The molecule has 1 aliphatic heterocycles. The van der Waals surface area contributed by atoms with E-state index in [1.807, 2.05) is 48.2 Å². The van der Waals surface area contributed by atoms with Crippen LogP contribution in [0.2, 0.25) is 0 Å². The molecular formula is C20H23IN2O2. The first-order valence-corrected chi connectivity index (χ1v) is 9.72. The van der Waals surface area contributed by atoms with Crippen molar-refractivity contribution in [1.82, 2.24) is 9.80 Å². The number of nitrogens with zero attached hydrogens (tertiary/aromatic N) is 2. The zero-order chi connectivity index (χ0) is 17.6. The highest BCUT2D eigenvalue weighted by atomic mass is 127. The molecule has 0 aromatic heterocycles. The van der Waals surface area contributed by atoms with Crippen LogP contribution in [0.1, 0.15) is 22.8 Å². The van der Waals surface area contributed by atoms with Crippen LogP contribution in [0, 0.1) is 3.57 Å². The summed E-state index contributed by atoms with van der Waals surface area (Å²) >= 11 is 2.25. The van der Waals surface area contributed by atoms with E-state index in [4.69, 9.17) is 4.74 Å². The second kappa shape index (κ2) is 8.67. The van der Waals surface area contributed by atoms with E-state index in [9.17, 15) is 4.79 Å². The number of benzene rings is 2. The maximum Gasteiger partial charge on any atom is 0.253 e. The smallest absolute Gasteiger partial charge is 0.253 e. The minimum absolute atomic E-state index is 0.136.